The predicted octanol–water partition coefficient (Wildman–Crippen LogP) is 0.866. The average Bonchev–Trinajstić information content (AvgIpc) is 2.34. The first-order valence-electron chi connectivity index (χ1n) is 5.52. The molecule has 0 aliphatic carbocycles. The first kappa shape index (κ1) is 13.2. The molecule has 4 nitrogen and oxygen atoms in total. The molecule has 1 amide bonds. The van der Waals surface area contributed by atoms with Gasteiger partial charge < -0.3 is 10.4 Å². The fourth-order valence-electron chi connectivity index (χ4n) is 1.42. The maximum atomic E-state index is 11.6. The van der Waals surface area contributed by atoms with Crippen molar-refractivity contribution < 1.29 is 9.90 Å². The molecule has 2 N–H and O–H groups in total. The van der Waals surface area contributed by atoms with E-state index in [2.05, 4.69) is 5.32 Å². The van der Waals surface area contributed by atoms with Crippen LogP contribution in [0.1, 0.15) is 12.5 Å². The average molecular weight is 232 g/mol. The van der Waals surface area contributed by atoms with E-state index in [0.717, 1.165) is 5.56 Å². The molecule has 0 spiro atoms. The number of nitrogens with one attached hydrogen (secondary N) is 1. The van der Waals surface area contributed by atoms with E-state index < -0.39 is 12.0 Å². The van der Waals surface area contributed by atoms with Crippen LogP contribution in [0.2, 0.25) is 0 Å². The topological polar surface area (TPSA) is 73.1 Å². The second-order valence-electron chi connectivity index (χ2n) is 3.97. The number of carbonyl (C=O) groups excluding carboxylic acids is 1. The highest BCUT2D eigenvalue weighted by Crippen LogP contribution is 2.08. The summed E-state index contributed by atoms with van der Waals surface area (Å²) in [7, 11) is 0. The molecule has 1 aromatic rings. The van der Waals surface area contributed by atoms with E-state index in [4.69, 9.17) is 10.4 Å². The molecule has 17 heavy (non-hydrogen) atoms. The Bertz CT molecular complexity index is 396. The van der Waals surface area contributed by atoms with Crippen LogP contribution in [0.5, 0.6) is 0 Å². The molecular weight excluding hydrogens is 216 g/mol. The highest BCUT2D eigenvalue weighted by Gasteiger charge is 2.18. The summed E-state index contributed by atoms with van der Waals surface area (Å²) in [4.78, 5) is 11.6. The molecule has 1 aromatic carbocycles. The van der Waals surface area contributed by atoms with E-state index >= 15 is 0 Å². The number of nitriles is 1. The Hall–Kier alpha value is -1.86. The summed E-state index contributed by atoms with van der Waals surface area (Å²) >= 11 is 0. The number of aliphatic hydroxyl groups is 1. The smallest absolute Gasteiger partial charge is 0.237 e. The highest BCUT2D eigenvalue weighted by atomic mass is 16.3. The third-order valence-corrected chi connectivity index (χ3v) is 2.33. The number of hydrogen-bond donors (Lipinski definition) is 2. The second-order valence-corrected chi connectivity index (χ2v) is 3.97. The zero-order valence-corrected chi connectivity index (χ0v) is 9.76. The SMILES string of the molecule is C[C@@H](O)CNC(=O)C(C#N)Cc1ccccc1. The van der Waals surface area contributed by atoms with Crippen LogP contribution in [-0.2, 0) is 11.2 Å². The van der Waals surface area contributed by atoms with Crippen molar-refractivity contribution in [2.24, 2.45) is 5.92 Å². The minimum Gasteiger partial charge on any atom is -0.392 e. The summed E-state index contributed by atoms with van der Waals surface area (Å²) in [5, 5.41) is 20.5. The molecule has 1 rings (SSSR count). The Morgan fingerprint density at radius 1 is 1.47 bits per heavy atom. The summed E-state index contributed by atoms with van der Waals surface area (Å²) in [6, 6.07) is 11.4. The van der Waals surface area contributed by atoms with Crippen molar-refractivity contribution >= 4 is 5.91 Å². The maximum Gasteiger partial charge on any atom is 0.237 e. The van der Waals surface area contributed by atoms with Crippen LogP contribution in [0, 0.1) is 17.2 Å². The minimum atomic E-state index is -0.712. The van der Waals surface area contributed by atoms with Gasteiger partial charge in [-0.3, -0.25) is 4.79 Å². The lowest BCUT2D eigenvalue weighted by Gasteiger charge is -2.11. The van der Waals surface area contributed by atoms with Crippen LogP contribution < -0.4 is 5.32 Å². The summed E-state index contributed by atoms with van der Waals surface area (Å²) in [5.74, 6) is -1.05. The number of hydrogen-bond acceptors (Lipinski definition) is 3. The number of benzene rings is 1. The molecular formula is C13H16N2O2. The first-order valence-corrected chi connectivity index (χ1v) is 5.52. The van der Waals surface area contributed by atoms with Gasteiger partial charge in [0.1, 0.15) is 5.92 Å². The van der Waals surface area contributed by atoms with Gasteiger partial charge >= 0.3 is 0 Å². The summed E-state index contributed by atoms with van der Waals surface area (Å²) in [6.07, 6.45) is -0.210. The third kappa shape index (κ3) is 4.66. The summed E-state index contributed by atoms with van der Waals surface area (Å²) in [5.41, 5.74) is 0.950. The van der Waals surface area contributed by atoms with Crippen LogP contribution in [0.4, 0.5) is 0 Å². The van der Waals surface area contributed by atoms with Crippen LogP contribution in [0.15, 0.2) is 30.3 Å². The zero-order valence-electron chi connectivity index (χ0n) is 9.76. The quantitative estimate of drug-likeness (QED) is 0.791. The highest BCUT2D eigenvalue weighted by molar-refractivity contribution is 5.81. The Morgan fingerprint density at radius 2 is 2.12 bits per heavy atom. The molecule has 2 atom stereocenters. The zero-order chi connectivity index (χ0) is 12.7. The number of carbonyl (C=O) groups is 1. The third-order valence-electron chi connectivity index (χ3n) is 2.33. The summed E-state index contributed by atoms with van der Waals surface area (Å²) < 4.78 is 0. The molecule has 0 aromatic heterocycles. The number of nitrogens with zero attached hydrogens (tertiary/aromatic N) is 1. The first-order chi connectivity index (χ1) is 8.13. The van der Waals surface area contributed by atoms with E-state index in [9.17, 15) is 4.79 Å². The van der Waals surface area contributed by atoms with E-state index in [1.54, 1.807) is 6.92 Å². The van der Waals surface area contributed by atoms with E-state index in [1.807, 2.05) is 36.4 Å². The van der Waals surface area contributed by atoms with Gasteiger partial charge in [-0.05, 0) is 18.9 Å². The van der Waals surface area contributed by atoms with Crippen LogP contribution in [-0.4, -0.2) is 23.7 Å². The minimum absolute atomic E-state index is 0.172. The van der Waals surface area contributed by atoms with Crippen molar-refractivity contribution in [3.63, 3.8) is 0 Å². The van der Waals surface area contributed by atoms with Gasteiger partial charge in [0.2, 0.25) is 5.91 Å². The van der Waals surface area contributed by atoms with Crippen LogP contribution in [0.3, 0.4) is 0 Å². The summed E-state index contributed by atoms with van der Waals surface area (Å²) in [6.45, 7) is 1.75. The molecule has 0 saturated carbocycles. The molecule has 4 heteroatoms. The van der Waals surface area contributed by atoms with Gasteiger partial charge in [0.15, 0.2) is 0 Å². The lowest BCUT2D eigenvalue weighted by Crippen LogP contribution is -2.35. The van der Waals surface area contributed by atoms with Crippen molar-refractivity contribution in [1.82, 2.24) is 5.32 Å². The van der Waals surface area contributed by atoms with Crippen molar-refractivity contribution in [3.8, 4) is 6.07 Å². The molecule has 0 saturated heterocycles. The fraction of sp³-hybridized carbons (Fsp3) is 0.385. The van der Waals surface area contributed by atoms with Crippen LogP contribution in [0.25, 0.3) is 0 Å². The number of amides is 1. The van der Waals surface area contributed by atoms with Gasteiger partial charge in [-0.2, -0.15) is 5.26 Å². The molecule has 90 valence electrons. The lowest BCUT2D eigenvalue weighted by molar-refractivity contribution is -0.123. The molecule has 0 radical (unpaired) electrons. The fourth-order valence-corrected chi connectivity index (χ4v) is 1.42. The van der Waals surface area contributed by atoms with Gasteiger partial charge in [-0.25, -0.2) is 0 Å². The van der Waals surface area contributed by atoms with Crippen LogP contribution >= 0.6 is 0 Å². The Balaban J connectivity index is 2.55. The molecule has 0 heterocycles. The van der Waals surface area contributed by atoms with Gasteiger partial charge in [0.25, 0.3) is 0 Å². The van der Waals surface area contributed by atoms with Gasteiger partial charge in [0, 0.05) is 6.54 Å². The monoisotopic (exact) mass is 232 g/mol. The maximum absolute atomic E-state index is 11.6. The number of rotatable bonds is 5. The van der Waals surface area contributed by atoms with Crippen molar-refractivity contribution in [3.05, 3.63) is 35.9 Å². The van der Waals surface area contributed by atoms with Gasteiger partial charge in [-0.15, -0.1) is 0 Å². The van der Waals surface area contributed by atoms with Crippen molar-refractivity contribution in [2.45, 2.75) is 19.4 Å². The largest absolute Gasteiger partial charge is 0.392 e. The van der Waals surface area contributed by atoms with Gasteiger partial charge in [-0.1, -0.05) is 30.3 Å². The second kappa shape index (κ2) is 6.66. The molecule has 0 fully saturated rings. The van der Waals surface area contributed by atoms with E-state index in [1.165, 1.54) is 0 Å². The van der Waals surface area contributed by atoms with Crippen molar-refractivity contribution in [2.75, 3.05) is 6.54 Å². The van der Waals surface area contributed by atoms with E-state index in [0.29, 0.717) is 6.42 Å². The predicted molar refractivity (Wildman–Crippen MR) is 63.9 cm³/mol. The number of aliphatic hydroxyl groups excluding tert-OH is 1. The lowest BCUT2D eigenvalue weighted by atomic mass is 10.00. The van der Waals surface area contributed by atoms with Gasteiger partial charge in [0.05, 0.1) is 12.2 Å². The standard InChI is InChI=1S/C13H16N2O2/c1-10(16)9-15-13(17)12(8-14)7-11-5-3-2-4-6-11/h2-6,10,12,16H,7,9H2,1H3,(H,15,17)/t10-,12?/m1/s1. The van der Waals surface area contributed by atoms with Crippen molar-refractivity contribution in [1.29, 1.82) is 5.26 Å². The molecule has 0 aliphatic rings. The Kier molecular flexibility index (Phi) is 5.18. The molecule has 1 unspecified atom stereocenters. The van der Waals surface area contributed by atoms with E-state index in [-0.39, 0.29) is 12.5 Å². The molecule has 0 aliphatic heterocycles. The Labute approximate surface area is 101 Å². The normalized spacial score (nSPS) is 13.5. The Morgan fingerprint density at radius 3 is 2.65 bits per heavy atom. The molecule has 0 bridgehead atoms.